The fourth-order valence-electron chi connectivity index (χ4n) is 1.85. The Labute approximate surface area is 97.0 Å². The summed E-state index contributed by atoms with van der Waals surface area (Å²) in [7, 11) is 0. The number of piperazine rings is 1. The maximum absolute atomic E-state index is 11.4. The highest BCUT2D eigenvalue weighted by Crippen LogP contribution is 2.05. The second-order valence-corrected chi connectivity index (χ2v) is 4.07. The Morgan fingerprint density at radius 3 is 2.56 bits per heavy atom. The minimum absolute atomic E-state index is 0.0216. The molecule has 0 aromatic rings. The Morgan fingerprint density at radius 1 is 1.44 bits per heavy atom. The molecule has 1 amide bonds. The highest BCUT2D eigenvalue weighted by Gasteiger charge is 2.21. The molecule has 1 rings (SSSR count). The van der Waals surface area contributed by atoms with Crippen molar-refractivity contribution in [1.29, 1.82) is 5.26 Å². The SMILES string of the molecule is CCNC(=O)CN1CCN(C(C)C#N)CC1. The molecule has 1 atom stereocenters. The summed E-state index contributed by atoms with van der Waals surface area (Å²) in [6.45, 7) is 8.46. The number of hydrogen-bond acceptors (Lipinski definition) is 4. The van der Waals surface area contributed by atoms with Crippen molar-refractivity contribution in [1.82, 2.24) is 15.1 Å². The Morgan fingerprint density at radius 2 is 2.06 bits per heavy atom. The van der Waals surface area contributed by atoms with Crippen molar-refractivity contribution in [3.8, 4) is 6.07 Å². The molecule has 5 nitrogen and oxygen atoms in total. The predicted octanol–water partition coefficient (Wildman–Crippen LogP) is -0.348. The fraction of sp³-hybridized carbons (Fsp3) is 0.818. The third-order valence-electron chi connectivity index (χ3n) is 2.88. The molecular formula is C11H20N4O. The number of hydrogen-bond donors (Lipinski definition) is 1. The summed E-state index contributed by atoms with van der Waals surface area (Å²) in [5.41, 5.74) is 0. The first-order valence-electron chi connectivity index (χ1n) is 5.80. The van der Waals surface area contributed by atoms with Gasteiger partial charge in [-0.25, -0.2) is 0 Å². The van der Waals surface area contributed by atoms with Gasteiger partial charge in [-0.3, -0.25) is 14.6 Å². The van der Waals surface area contributed by atoms with Crippen LogP contribution in [0.25, 0.3) is 0 Å². The van der Waals surface area contributed by atoms with Crippen LogP contribution in [0.4, 0.5) is 0 Å². The standard InChI is InChI=1S/C11H20N4O/c1-3-13-11(16)9-14-4-6-15(7-5-14)10(2)8-12/h10H,3-7,9H2,1-2H3,(H,13,16). The van der Waals surface area contributed by atoms with E-state index in [1.807, 2.05) is 13.8 Å². The summed E-state index contributed by atoms with van der Waals surface area (Å²) in [5, 5.41) is 11.6. The smallest absolute Gasteiger partial charge is 0.234 e. The van der Waals surface area contributed by atoms with Crippen molar-refractivity contribution in [2.24, 2.45) is 0 Å². The number of carbonyl (C=O) groups is 1. The zero-order chi connectivity index (χ0) is 12.0. The Kier molecular flexibility index (Phi) is 5.23. The van der Waals surface area contributed by atoms with Gasteiger partial charge in [-0.1, -0.05) is 0 Å². The molecule has 0 saturated carbocycles. The van der Waals surface area contributed by atoms with Crippen LogP contribution in [0.2, 0.25) is 0 Å². The van der Waals surface area contributed by atoms with Crippen molar-refractivity contribution in [3.63, 3.8) is 0 Å². The first-order chi connectivity index (χ1) is 7.67. The zero-order valence-electron chi connectivity index (χ0n) is 10.1. The van der Waals surface area contributed by atoms with Crippen LogP contribution in [-0.2, 0) is 4.79 Å². The molecule has 1 aliphatic heterocycles. The molecule has 1 fully saturated rings. The van der Waals surface area contributed by atoms with E-state index in [0.717, 1.165) is 26.2 Å². The van der Waals surface area contributed by atoms with Crippen molar-refractivity contribution in [2.75, 3.05) is 39.3 Å². The van der Waals surface area contributed by atoms with Gasteiger partial charge in [0.1, 0.15) is 0 Å². The topological polar surface area (TPSA) is 59.4 Å². The van der Waals surface area contributed by atoms with E-state index in [-0.39, 0.29) is 11.9 Å². The monoisotopic (exact) mass is 224 g/mol. The third-order valence-corrected chi connectivity index (χ3v) is 2.88. The van der Waals surface area contributed by atoms with E-state index in [9.17, 15) is 4.79 Å². The van der Waals surface area contributed by atoms with Crippen LogP contribution in [0.3, 0.4) is 0 Å². The Bertz CT molecular complexity index is 266. The van der Waals surface area contributed by atoms with E-state index in [0.29, 0.717) is 13.1 Å². The number of carbonyl (C=O) groups excluding carboxylic acids is 1. The van der Waals surface area contributed by atoms with Gasteiger partial charge in [0.25, 0.3) is 0 Å². The van der Waals surface area contributed by atoms with Crippen LogP contribution in [0, 0.1) is 11.3 Å². The molecule has 16 heavy (non-hydrogen) atoms. The van der Waals surface area contributed by atoms with Crippen LogP contribution in [0.5, 0.6) is 0 Å². The lowest BCUT2D eigenvalue weighted by molar-refractivity contribution is -0.122. The van der Waals surface area contributed by atoms with E-state index in [4.69, 9.17) is 5.26 Å². The summed E-state index contributed by atoms with van der Waals surface area (Å²) in [6.07, 6.45) is 0. The molecule has 0 aromatic heterocycles. The first-order valence-corrected chi connectivity index (χ1v) is 5.80. The number of rotatable bonds is 4. The van der Waals surface area contributed by atoms with E-state index >= 15 is 0 Å². The van der Waals surface area contributed by atoms with Crippen LogP contribution in [0.15, 0.2) is 0 Å². The quantitative estimate of drug-likeness (QED) is 0.709. The molecule has 0 bridgehead atoms. The molecule has 1 unspecified atom stereocenters. The molecule has 1 N–H and O–H groups in total. The summed E-state index contributed by atoms with van der Waals surface area (Å²) in [4.78, 5) is 15.6. The molecule has 0 aliphatic carbocycles. The predicted molar refractivity (Wildman–Crippen MR) is 61.8 cm³/mol. The second-order valence-electron chi connectivity index (χ2n) is 4.07. The Balaban J connectivity index is 2.27. The van der Waals surface area contributed by atoms with E-state index in [1.165, 1.54) is 0 Å². The molecule has 90 valence electrons. The van der Waals surface area contributed by atoms with Gasteiger partial charge in [-0.15, -0.1) is 0 Å². The first kappa shape index (κ1) is 12.9. The maximum Gasteiger partial charge on any atom is 0.234 e. The van der Waals surface area contributed by atoms with Gasteiger partial charge in [0.05, 0.1) is 18.7 Å². The zero-order valence-corrected chi connectivity index (χ0v) is 10.1. The lowest BCUT2D eigenvalue weighted by Gasteiger charge is -2.35. The molecule has 0 spiro atoms. The van der Waals surface area contributed by atoms with E-state index in [1.54, 1.807) is 0 Å². The highest BCUT2D eigenvalue weighted by atomic mass is 16.2. The number of nitriles is 1. The molecule has 0 aromatic carbocycles. The second kappa shape index (κ2) is 6.46. The number of nitrogens with one attached hydrogen (secondary N) is 1. The fourth-order valence-corrected chi connectivity index (χ4v) is 1.85. The average molecular weight is 224 g/mol. The number of nitrogens with zero attached hydrogens (tertiary/aromatic N) is 3. The molecule has 0 radical (unpaired) electrons. The Hall–Kier alpha value is -1.12. The van der Waals surface area contributed by atoms with Crippen molar-refractivity contribution < 1.29 is 4.79 Å². The molecule has 1 heterocycles. The van der Waals surface area contributed by atoms with Gasteiger partial charge in [-0.05, 0) is 13.8 Å². The van der Waals surface area contributed by atoms with Crippen molar-refractivity contribution in [3.05, 3.63) is 0 Å². The maximum atomic E-state index is 11.4. The largest absolute Gasteiger partial charge is 0.355 e. The lowest BCUT2D eigenvalue weighted by Crippen LogP contribution is -2.51. The minimum Gasteiger partial charge on any atom is -0.355 e. The minimum atomic E-state index is -0.0216. The van der Waals surface area contributed by atoms with Gasteiger partial charge in [0.15, 0.2) is 0 Å². The van der Waals surface area contributed by atoms with Gasteiger partial charge >= 0.3 is 0 Å². The highest BCUT2D eigenvalue weighted by molar-refractivity contribution is 5.77. The molecule has 5 heteroatoms. The average Bonchev–Trinajstić information content (AvgIpc) is 2.29. The van der Waals surface area contributed by atoms with Crippen LogP contribution < -0.4 is 5.32 Å². The van der Waals surface area contributed by atoms with Gasteiger partial charge in [0.2, 0.25) is 5.91 Å². The summed E-state index contributed by atoms with van der Waals surface area (Å²) in [5.74, 6) is 0.0873. The van der Waals surface area contributed by atoms with Gasteiger partial charge in [0, 0.05) is 32.7 Å². The van der Waals surface area contributed by atoms with Crippen molar-refractivity contribution in [2.45, 2.75) is 19.9 Å². The van der Waals surface area contributed by atoms with E-state index < -0.39 is 0 Å². The molecular weight excluding hydrogens is 204 g/mol. The summed E-state index contributed by atoms with van der Waals surface area (Å²) >= 11 is 0. The van der Waals surface area contributed by atoms with Gasteiger partial charge in [-0.2, -0.15) is 5.26 Å². The summed E-state index contributed by atoms with van der Waals surface area (Å²) in [6, 6.07) is 2.22. The van der Waals surface area contributed by atoms with Crippen molar-refractivity contribution >= 4 is 5.91 Å². The molecule has 1 aliphatic rings. The van der Waals surface area contributed by atoms with Crippen LogP contribution in [0.1, 0.15) is 13.8 Å². The molecule has 1 saturated heterocycles. The normalized spacial score (nSPS) is 20.1. The number of likely N-dealkylation sites (N-methyl/N-ethyl adjacent to an activating group) is 1. The third kappa shape index (κ3) is 3.80. The van der Waals surface area contributed by atoms with Gasteiger partial charge < -0.3 is 5.32 Å². The summed E-state index contributed by atoms with van der Waals surface area (Å²) < 4.78 is 0. The van der Waals surface area contributed by atoms with Crippen LogP contribution >= 0.6 is 0 Å². The lowest BCUT2D eigenvalue weighted by atomic mass is 10.2. The van der Waals surface area contributed by atoms with Crippen LogP contribution in [-0.4, -0.2) is 61.0 Å². The number of amides is 1. The van der Waals surface area contributed by atoms with E-state index in [2.05, 4.69) is 21.2 Å².